The average molecular weight is 370 g/mol. The number of rotatable bonds is 5. The van der Waals surface area contributed by atoms with E-state index < -0.39 is 0 Å². The molecular formula is C21H30N4O2. The van der Waals surface area contributed by atoms with Gasteiger partial charge in [0.15, 0.2) is 5.76 Å². The van der Waals surface area contributed by atoms with Gasteiger partial charge >= 0.3 is 0 Å². The van der Waals surface area contributed by atoms with Crippen molar-refractivity contribution < 1.29 is 9.32 Å². The number of piperidine rings is 1. The molecule has 0 N–H and O–H groups in total. The van der Waals surface area contributed by atoms with Crippen LogP contribution in [0.25, 0.3) is 11.3 Å². The fraction of sp³-hybridized carbons (Fsp3) is 0.619. The molecule has 3 heterocycles. The molecule has 2 aromatic heterocycles. The summed E-state index contributed by atoms with van der Waals surface area (Å²) >= 11 is 0. The van der Waals surface area contributed by atoms with Crippen molar-refractivity contribution in [2.75, 3.05) is 6.54 Å². The molecule has 0 bridgehead atoms. The Bertz CT molecular complexity index is 811. The summed E-state index contributed by atoms with van der Waals surface area (Å²) in [5.74, 6) is 1.75. The van der Waals surface area contributed by atoms with Gasteiger partial charge in [-0.15, -0.1) is 0 Å². The zero-order valence-electron chi connectivity index (χ0n) is 17.1. The number of likely N-dealkylation sites (tertiary alicyclic amines) is 1. The lowest BCUT2D eigenvalue weighted by Crippen LogP contribution is -2.42. The Morgan fingerprint density at radius 3 is 2.63 bits per heavy atom. The van der Waals surface area contributed by atoms with E-state index in [1.165, 1.54) is 0 Å². The molecule has 6 heteroatoms. The van der Waals surface area contributed by atoms with Gasteiger partial charge in [0.1, 0.15) is 5.82 Å². The van der Waals surface area contributed by atoms with Crippen molar-refractivity contribution in [2.45, 2.75) is 72.8 Å². The van der Waals surface area contributed by atoms with Crippen molar-refractivity contribution in [3.8, 4) is 11.3 Å². The summed E-state index contributed by atoms with van der Waals surface area (Å²) in [5.41, 5.74) is 3.61. The molecule has 0 unspecified atom stereocenters. The number of aryl methyl sites for hydroxylation is 2. The third-order valence-corrected chi connectivity index (χ3v) is 5.78. The van der Waals surface area contributed by atoms with Crippen molar-refractivity contribution in [1.29, 1.82) is 0 Å². The number of amides is 1. The third-order valence-electron chi connectivity index (χ3n) is 5.78. The Balaban J connectivity index is 2.06. The molecule has 1 atom stereocenters. The van der Waals surface area contributed by atoms with Crippen molar-refractivity contribution in [2.24, 2.45) is 5.92 Å². The van der Waals surface area contributed by atoms with Gasteiger partial charge in [-0.05, 0) is 52.9 Å². The first kappa shape index (κ1) is 19.5. The van der Waals surface area contributed by atoms with Crippen molar-refractivity contribution in [1.82, 2.24) is 20.0 Å². The van der Waals surface area contributed by atoms with Crippen molar-refractivity contribution >= 4 is 5.91 Å². The average Bonchev–Trinajstić information content (AvgIpc) is 3.01. The molecule has 1 amide bonds. The quantitative estimate of drug-likeness (QED) is 0.772. The molecule has 1 aliphatic rings. The number of carbonyl (C=O) groups is 1. The van der Waals surface area contributed by atoms with Gasteiger partial charge in [-0.2, -0.15) is 0 Å². The second-order valence-corrected chi connectivity index (χ2v) is 7.49. The van der Waals surface area contributed by atoms with E-state index in [9.17, 15) is 4.79 Å². The van der Waals surface area contributed by atoms with Crippen LogP contribution in [0.5, 0.6) is 0 Å². The maximum atomic E-state index is 13.2. The first-order chi connectivity index (χ1) is 13.0. The van der Waals surface area contributed by atoms with E-state index in [0.29, 0.717) is 11.6 Å². The van der Waals surface area contributed by atoms with Crippen LogP contribution >= 0.6 is 0 Å². The third kappa shape index (κ3) is 3.75. The summed E-state index contributed by atoms with van der Waals surface area (Å²) in [6, 6.07) is -0.0339. The van der Waals surface area contributed by atoms with E-state index in [2.05, 4.69) is 24.0 Å². The number of hydrogen-bond donors (Lipinski definition) is 0. The molecule has 6 nitrogen and oxygen atoms in total. The lowest BCUT2D eigenvalue weighted by Gasteiger charge is -2.38. The Labute approximate surface area is 161 Å². The molecule has 1 fully saturated rings. The molecule has 0 spiro atoms. The molecule has 0 aromatic carbocycles. The molecule has 2 aromatic rings. The topological polar surface area (TPSA) is 72.1 Å². The maximum absolute atomic E-state index is 13.2. The summed E-state index contributed by atoms with van der Waals surface area (Å²) in [5, 5.41) is 4.10. The van der Waals surface area contributed by atoms with E-state index in [-0.39, 0.29) is 17.9 Å². The van der Waals surface area contributed by atoms with E-state index in [1.807, 2.05) is 31.9 Å². The van der Waals surface area contributed by atoms with Gasteiger partial charge in [-0.1, -0.05) is 19.0 Å². The minimum atomic E-state index is -0.0339. The number of aromatic nitrogens is 3. The molecule has 1 saturated heterocycles. The second-order valence-electron chi connectivity index (χ2n) is 7.49. The summed E-state index contributed by atoms with van der Waals surface area (Å²) in [6.07, 6.45) is 6.61. The molecule has 0 saturated carbocycles. The van der Waals surface area contributed by atoms with Gasteiger partial charge in [0.05, 0.1) is 23.0 Å². The highest BCUT2D eigenvalue weighted by Gasteiger charge is 2.34. The number of hydrogen-bond acceptors (Lipinski definition) is 5. The van der Waals surface area contributed by atoms with Crippen LogP contribution in [0, 0.1) is 26.7 Å². The maximum Gasteiger partial charge on any atom is 0.226 e. The first-order valence-electron chi connectivity index (χ1n) is 10.0. The van der Waals surface area contributed by atoms with Crippen LogP contribution < -0.4 is 0 Å². The number of carbonyl (C=O) groups excluding carboxylic acids is 1. The van der Waals surface area contributed by atoms with Crippen LogP contribution in [0.4, 0.5) is 0 Å². The molecule has 1 aliphatic heterocycles. The van der Waals surface area contributed by atoms with E-state index in [4.69, 9.17) is 9.51 Å². The SMILES string of the molecule is CCC(CC)C(=O)N1CCCC[C@@H]1c1nc(C)ncc1-c1onc(C)c1C. The fourth-order valence-corrected chi connectivity index (χ4v) is 3.94. The van der Waals surface area contributed by atoms with Gasteiger partial charge in [-0.25, -0.2) is 9.97 Å². The predicted octanol–water partition coefficient (Wildman–Crippen LogP) is 4.55. The Morgan fingerprint density at radius 1 is 1.26 bits per heavy atom. The van der Waals surface area contributed by atoms with Crippen LogP contribution in [0.3, 0.4) is 0 Å². The Morgan fingerprint density at radius 2 is 2.00 bits per heavy atom. The first-order valence-corrected chi connectivity index (χ1v) is 10.0. The predicted molar refractivity (Wildman–Crippen MR) is 104 cm³/mol. The Hall–Kier alpha value is -2.24. The van der Waals surface area contributed by atoms with Crippen LogP contribution in [0.15, 0.2) is 10.7 Å². The standard InChI is InChI=1S/C21H30N4O2/c1-6-16(7-2)21(26)25-11-9-8-10-18(25)19-17(12-22-15(5)23-19)20-13(3)14(4)24-27-20/h12,16,18H,6-11H2,1-5H3/t18-/m1/s1. The van der Waals surface area contributed by atoms with E-state index in [0.717, 1.165) is 61.2 Å². The highest BCUT2D eigenvalue weighted by atomic mass is 16.5. The van der Waals surface area contributed by atoms with Crippen molar-refractivity contribution in [3.63, 3.8) is 0 Å². The van der Waals surface area contributed by atoms with Gasteiger partial charge in [0.25, 0.3) is 0 Å². The molecule has 0 radical (unpaired) electrons. The Kier molecular flexibility index (Phi) is 5.92. The van der Waals surface area contributed by atoms with Crippen LogP contribution in [0.2, 0.25) is 0 Å². The summed E-state index contributed by atoms with van der Waals surface area (Å²) in [7, 11) is 0. The van der Waals surface area contributed by atoms with Gasteiger partial charge in [-0.3, -0.25) is 4.79 Å². The number of nitrogens with zero attached hydrogens (tertiary/aromatic N) is 4. The molecule has 3 rings (SSSR count). The largest absolute Gasteiger partial charge is 0.356 e. The smallest absolute Gasteiger partial charge is 0.226 e. The normalized spacial score (nSPS) is 17.6. The molecule has 27 heavy (non-hydrogen) atoms. The van der Waals surface area contributed by atoms with E-state index in [1.54, 1.807) is 0 Å². The summed E-state index contributed by atoms with van der Waals surface area (Å²) in [6.45, 7) is 10.8. The monoisotopic (exact) mass is 370 g/mol. The minimum Gasteiger partial charge on any atom is -0.356 e. The molecule has 0 aliphatic carbocycles. The highest BCUT2D eigenvalue weighted by Crippen LogP contribution is 2.38. The minimum absolute atomic E-state index is 0.0339. The second kappa shape index (κ2) is 8.19. The lowest BCUT2D eigenvalue weighted by molar-refractivity contribution is -0.139. The van der Waals surface area contributed by atoms with Crippen LogP contribution in [0.1, 0.15) is 74.8 Å². The molecular weight excluding hydrogens is 340 g/mol. The molecule has 146 valence electrons. The van der Waals surface area contributed by atoms with Crippen molar-refractivity contribution in [3.05, 3.63) is 29.0 Å². The summed E-state index contributed by atoms with van der Waals surface area (Å²) < 4.78 is 5.60. The summed E-state index contributed by atoms with van der Waals surface area (Å²) in [4.78, 5) is 24.4. The fourth-order valence-electron chi connectivity index (χ4n) is 3.94. The lowest BCUT2D eigenvalue weighted by atomic mass is 9.92. The van der Waals surface area contributed by atoms with Crippen LogP contribution in [-0.4, -0.2) is 32.5 Å². The van der Waals surface area contributed by atoms with Crippen LogP contribution in [-0.2, 0) is 4.79 Å². The zero-order chi connectivity index (χ0) is 19.6. The van der Waals surface area contributed by atoms with Gasteiger partial charge in [0, 0.05) is 24.2 Å². The van der Waals surface area contributed by atoms with E-state index >= 15 is 0 Å². The highest BCUT2D eigenvalue weighted by molar-refractivity contribution is 5.79. The van der Waals surface area contributed by atoms with Gasteiger partial charge < -0.3 is 9.42 Å². The zero-order valence-corrected chi connectivity index (χ0v) is 17.1. The van der Waals surface area contributed by atoms with Gasteiger partial charge in [0.2, 0.25) is 5.91 Å².